The minimum absolute atomic E-state index is 0.186. The third-order valence-corrected chi connectivity index (χ3v) is 5.81. The number of carboxylic acids is 1. The summed E-state index contributed by atoms with van der Waals surface area (Å²) in [6.45, 7) is 2.25. The van der Waals surface area contributed by atoms with Crippen LogP contribution in [-0.4, -0.2) is 47.5 Å². The van der Waals surface area contributed by atoms with Gasteiger partial charge < -0.3 is 14.7 Å². The molecule has 1 atom stereocenters. The Labute approximate surface area is 157 Å². The molecule has 2 aliphatic heterocycles. The molecule has 6 heteroatoms. The molecule has 0 aliphatic carbocycles. The Kier molecular flexibility index (Phi) is 6.74. The van der Waals surface area contributed by atoms with Crippen LogP contribution in [0.2, 0.25) is 0 Å². The Bertz CT molecular complexity index is 681. The first kappa shape index (κ1) is 19.0. The second kappa shape index (κ2) is 9.24. The Balaban J connectivity index is 1.59. The maximum absolute atomic E-state index is 13.0. The summed E-state index contributed by atoms with van der Waals surface area (Å²) in [4.78, 5) is 13.7. The first-order chi connectivity index (χ1) is 12.6. The van der Waals surface area contributed by atoms with E-state index in [4.69, 9.17) is 4.74 Å². The first-order valence-corrected chi connectivity index (χ1v) is 10.00. The zero-order valence-electron chi connectivity index (χ0n) is 14.7. The Morgan fingerprint density at radius 2 is 2.15 bits per heavy atom. The van der Waals surface area contributed by atoms with Gasteiger partial charge in [0.05, 0.1) is 16.7 Å². The molecule has 1 saturated heterocycles. The molecule has 2 heterocycles. The lowest BCUT2D eigenvalue weighted by Crippen LogP contribution is -2.34. The molecule has 1 aromatic carbocycles. The highest BCUT2D eigenvalue weighted by Crippen LogP contribution is 2.30. The maximum atomic E-state index is 13.0. The minimum atomic E-state index is -0.890. The standard InChI is InChI=1S/C20H24FNO3S/c21-16-9-7-15(8-10-16)4-3-13-26-19-18(20(23)24)6-1-11-22(19)14-17-5-2-12-25-17/h1,6-10,17H,2-5,11-14H2,(H,23,24). The molecular weight excluding hydrogens is 353 g/mol. The zero-order valence-corrected chi connectivity index (χ0v) is 15.5. The number of benzene rings is 1. The number of thioether (sulfide) groups is 1. The molecule has 3 rings (SSSR count). The van der Waals surface area contributed by atoms with E-state index in [0.29, 0.717) is 5.57 Å². The molecule has 26 heavy (non-hydrogen) atoms. The monoisotopic (exact) mass is 377 g/mol. The number of halogens is 1. The summed E-state index contributed by atoms with van der Waals surface area (Å²) < 4.78 is 18.7. The van der Waals surface area contributed by atoms with E-state index in [0.717, 1.165) is 61.7 Å². The number of aryl methyl sites for hydroxylation is 1. The summed E-state index contributed by atoms with van der Waals surface area (Å²) in [6.07, 6.45) is 7.66. The van der Waals surface area contributed by atoms with Crippen molar-refractivity contribution in [2.45, 2.75) is 31.8 Å². The summed E-state index contributed by atoms with van der Waals surface area (Å²) in [5.41, 5.74) is 1.46. The third-order valence-electron chi connectivity index (χ3n) is 4.57. The van der Waals surface area contributed by atoms with E-state index in [-0.39, 0.29) is 11.9 Å². The summed E-state index contributed by atoms with van der Waals surface area (Å²) in [6, 6.07) is 6.55. The highest BCUT2D eigenvalue weighted by molar-refractivity contribution is 8.03. The topological polar surface area (TPSA) is 49.8 Å². The average Bonchev–Trinajstić information content (AvgIpc) is 3.14. The lowest BCUT2D eigenvalue weighted by atomic mass is 10.1. The van der Waals surface area contributed by atoms with Gasteiger partial charge in [-0.1, -0.05) is 18.2 Å². The van der Waals surface area contributed by atoms with Crippen LogP contribution in [0.15, 0.2) is 47.0 Å². The predicted molar refractivity (Wildman–Crippen MR) is 102 cm³/mol. The van der Waals surface area contributed by atoms with Crippen LogP contribution < -0.4 is 0 Å². The van der Waals surface area contributed by atoms with Crippen LogP contribution in [0.3, 0.4) is 0 Å². The Morgan fingerprint density at radius 1 is 1.35 bits per heavy atom. The van der Waals surface area contributed by atoms with Gasteiger partial charge in [0.15, 0.2) is 0 Å². The molecule has 0 amide bonds. The normalized spacial score (nSPS) is 20.0. The van der Waals surface area contributed by atoms with Crippen LogP contribution in [0.25, 0.3) is 0 Å². The van der Waals surface area contributed by atoms with Crippen LogP contribution in [0.4, 0.5) is 4.39 Å². The molecular formula is C20H24FNO3S. The van der Waals surface area contributed by atoms with Gasteiger partial charge in [-0.3, -0.25) is 0 Å². The van der Waals surface area contributed by atoms with E-state index >= 15 is 0 Å². The number of ether oxygens (including phenoxy) is 1. The highest BCUT2D eigenvalue weighted by Gasteiger charge is 2.25. The molecule has 4 nitrogen and oxygen atoms in total. The number of carboxylic acid groups (broad SMARTS) is 1. The zero-order chi connectivity index (χ0) is 18.4. The van der Waals surface area contributed by atoms with Gasteiger partial charge in [0.1, 0.15) is 5.82 Å². The van der Waals surface area contributed by atoms with E-state index in [2.05, 4.69) is 4.90 Å². The van der Waals surface area contributed by atoms with Crippen LogP contribution in [0.1, 0.15) is 24.8 Å². The van der Waals surface area contributed by atoms with E-state index in [9.17, 15) is 14.3 Å². The molecule has 1 aromatic rings. The molecule has 1 fully saturated rings. The van der Waals surface area contributed by atoms with Gasteiger partial charge in [-0.2, -0.15) is 0 Å². The van der Waals surface area contributed by atoms with Crippen molar-refractivity contribution in [3.63, 3.8) is 0 Å². The minimum Gasteiger partial charge on any atom is -0.478 e. The van der Waals surface area contributed by atoms with Crippen LogP contribution in [0.5, 0.6) is 0 Å². The highest BCUT2D eigenvalue weighted by atomic mass is 32.2. The van der Waals surface area contributed by atoms with E-state index < -0.39 is 5.97 Å². The quantitative estimate of drug-likeness (QED) is 0.698. The van der Waals surface area contributed by atoms with Gasteiger partial charge in [-0.25, -0.2) is 9.18 Å². The molecule has 0 radical (unpaired) electrons. The van der Waals surface area contributed by atoms with Crippen molar-refractivity contribution in [3.05, 3.63) is 58.4 Å². The summed E-state index contributed by atoms with van der Waals surface area (Å²) >= 11 is 1.59. The molecule has 140 valence electrons. The van der Waals surface area contributed by atoms with Crippen molar-refractivity contribution in [1.82, 2.24) is 4.90 Å². The van der Waals surface area contributed by atoms with E-state index in [1.54, 1.807) is 30.0 Å². The van der Waals surface area contributed by atoms with Gasteiger partial charge in [-0.05, 0) is 55.2 Å². The van der Waals surface area contributed by atoms with Crippen molar-refractivity contribution in [1.29, 1.82) is 0 Å². The van der Waals surface area contributed by atoms with Crippen molar-refractivity contribution >= 4 is 17.7 Å². The van der Waals surface area contributed by atoms with Gasteiger partial charge in [-0.15, -0.1) is 11.8 Å². The smallest absolute Gasteiger partial charge is 0.338 e. The van der Waals surface area contributed by atoms with Crippen molar-refractivity contribution < 1.29 is 19.0 Å². The second-order valence-corrected chi connectivity index (χ2v) is 7.63. The van der Waals surface area contributed by atoms with Crippen molar-refractivity contribution in [3.8, 4) is 0 Å². The number of rotatable bonds is 8. The average molecular weight is 377 g/mol. The number of aliphatic carboxylic acids is 1. The summed E-state index contributed by atoms with van der Waals surface area (Å²) in [7, 11) is 0. The van der Waals surface area contributed by atoms with Crippen LogP contribution >= 0.6 is 11.8 Å². The lowest BCUT2D eigenvalue weighted by Gasteiger charge is -2.31. The van der Waals surface area contributed by atoms with Gasteiger partial charge in [0, 0.05) is 19.7 Å². The predicted octanol–water partition coefficient (Wildman–Crippen LogP) is 3.84. The molecule has 1 unspecified atom stereocenters. The molecule has 1 N–H and O–H groups in total. The van der Waals surface area contributed by atoms with Crippen LogP contribution in [-0.2, 0) is 16.0 Å². The lowest BCUT2D eigenvalue weighted by molar-refractivity contribution is -0.132. The van der Waals surface area contributed by atoms with Crippen LogP contribution in [0, 0.1) is 5.82 Å². The summed E-state index contributed by atoms with van der Waals surface area (Å²) in [5.74, 6) is -0.295. The fourth-order valence-electron chi connectivity index (χ4n) is 3.24. The van der Waals surface area contributed by atoms with Gasteiger partial charge in [0.2, 0.25) is 0 Å². The van der Waals surface area contributed by atoms with E-state index in [1.165, 1.54) is 12.1 Å². The first-order valence-electron chi connectivity index (χ1n) is 9.01. The molecule has 0 saturated carbocycles. The van der Waals surface area contributed by atoms with Crippen molar-refractivity contribution in [2.75, 3.05) is 25.4 Å². The number of hydrogen-bond acceptors (Lipinski definition) is 4. The Hall–Kier alpha value is -1.79. The van der Waals surface area contributed by atoms with Gasteiger partial charge >= 0.3 is 5.97 Å². The summed E-state index contributed by atoms with van der Waals surface area (Å²) in [5, 5.41) is 10.4. The fourth-order valence-corrected chi connectivity index (χ4v) is 4.37. The molecule has 0 spiro atoms. The third kappa shape index (κ3) is 5.11. The largest absolute Gasteiger partial charge is 0.478 e. The Morgan fingerprint density at radius 3 is 2.85 bits per heavy atom. The SMILES string of the molecule is O=C(O)C1=C(SCCCc2ccc(F)cc2)N(CC2CCCO2)CC=C1. The maximum Gasteiger partial charge on any atom is 0.338 e. The van der Waals surface area contributed by atoms with E-state index in [1.807, 2.05) is 6.08 Å². The van der Waals surface area contributed by atoms with Gasteiger partial charge in [0.25, 0.3) is 0 Å². The fraction of sp³-hybridized carbons (Fsp3) is 0.450. The number of hydrogen-bond donors (Lipinski definition) is 1. The van der Waals surface area contributed by atoms with Crippen molar-refractivity contribution in [2.24, 2.45) is 0 Å². The molecule has 0 bridgehead atoms. The number of carbonyl (C=O) groups is 1. The molecule has 0 aromatic heterocycles. The molecule has 2 aliphatic rings. The second-order valence-electron chi connectivity index (χ2n) is 6.54. The number of nitrogens with zero attached hydrogens (tertiary/aromatic N) is 1.